The molecule has 0 spiro atoms. The topological polar surface area (TPSA) is 40.5 Å². The number of rotatable bonds is 5. The average molecular weight is 346 g/mol. The quantitative estimate of drug-likeness (QED) is 0.890. The maximum absolute atomic E-state index is 11.9. The van der Waals surface area contributed by atoms with Gasteiger partial charge in [0.2, 0.25) is 5.91 Å². The monoisotopic (exact) mass is 345 g/mol. The van der Waals surface area contributed by atoms with Crippen molar-refractivity contribution in [1.82, 2.24) is 4.90 Å². The van der Waals surface area contributed by atoms with Crippen molar-refractivity contribution in [2.24, 2.45) is 5.92 Å². The van der Waals surface area contributed by atoms with E-state index in [2.05, 4.69) is 22.0 Å². The number of likely N-dealkylation sites (tertiary alicyclic amines) is 1. The van der Waals surface area contributed by atoms with Gasteiger partial charge < -0.3 is 10.0 Å². The van der Waals surface area contributed by atoms with Crippen LogP contribution >= 0.6 is 27.3 Å². The van der Waals surface area contributed by atoms with E-state index in [0.717, 1.165) is 16.6 Å². The number of hydrogen-bond donors (Lipinski definition) is 1. The molecule has 1 saturated heterocycles. The molecule has 2 heterocycles. The highest BCUT2D eigenvalue weighted by atomic mass is 79.9. The van der Waals surface area contributed by atoms with Gasteiger partial charge in [-0.3, -0.25) is 4.79 Å². The van der Waals surface area contributed by atoms with Crippen molar-refractivity contribution in [2.75, 3.05) is 13.1 Å². The van der Waals surface area contributed by atoms with Gasteiger partial charge in [0.25, 0.3) is 0 Å². The van der Waals surface area contributed by atoms with Crippen LogP contribution in [0.4, 0.5) is 0 Å². The van der Waals surface area contributed by atoms with Gasteiger partial charge in [-0.25, -0.2) is 0 Å². The van der Waals surface area contributed by atoms with E-state index in [-0.39, 0.29) is 11.8 Å². The van der Waals surface area contributed by atoms with Crippen LogP contribution in [0.15, 0.2) is 15.9 Å². The van der Waals surface area contributed by atoms with Crippen molar-refractivity contribution in [1.29, 1.82) is 0 Å². The molecular weight excluding hydrogens is 326 g/mol. The summed E-state index contributed by atoms with van der Waals surface area (Å²) in [5.41, 5.74) is -0.658. The van der Waals surface area contributed by atoms with Crippen molar-refractivity contribution >= 4 is 33.2 Å². The van der Waals surface area contributed by atoms with Crippen LogP contribution in [0.5, 0.6) is 0 Å². The van der Waals surface area contributed by atoms with Crippen molar-refractivity contribution in [3.05, 3.63) is 20.8 Å². The summed E-state index contributed by atoms with van der Waals surface area (Å²) in [5, 5.41) is 10.1. The molecule has 106 valence electrons. The van der Waals surface area contributed by atoms with Gasteiger partial charge in [0.15, 0.2) is 0 Å². The Morgan fingerprint density at radius 1 is 1.53 bits per heavy atom. The molecule has 0 aliphatic carbocycles. The number of thiophene rings is 1. The summed E-state index contributed by atoms with van der Waals surface area (Å²) in [6.45, 7) is 4.98. The van der Waals surface area contributed by atoms with E-state index >= 15 is 0 Å². The number of amides is 1. The molecule has 1 aromatic rings. The minimum atomic E-state index is -0.658. The zero-order valence-corrected chi connectivity index (χ0v) is 13.8. The summed E-state index contributed by atoms with van der Waals surface area (Å²) in [7, 11) is 0. The van der Waals surface area contributed by atoms with Gasteiger partial charge in [0.1, 0.15) is 5.60 Å². The van der Waals surface area contributed by atoms with Gasteiger partial charge in [0, 0.05) is 11.3 Å². The highest BCUT2D eigenvalue weighted by Gasteiger charge is 2.45. The summed E-state index contributed by atoms with van der Waals surface area (Å²) < 4.78 is 1.14. The van der Waals surface area contributed by atoms with E-state index in [1.54, 1.807) is 16.2 Å². The largest absolute Gasteiger partial charge is 0.386 e. The zero-order valence-electron chi connectivity index (χ0n) is 11.4. The molecule has 0 unspecified atom stereocenters. The molecule has 19 heavy (non-hydrogen) atoms. The van der Waals surface area contributed by atoms with Crippen LogP contribution in [0.3, 0.4) is 0 Å². The Hall–Kier alpha value is -0.390. The fourth-order valence-electron chi connectivity index (χ4n) is 2.21. The predicted octanol–water partition coefficient (Wildman–Crippen LogP) is 3.06. The van der Waals surface area contributed by atoms with Gasteiger partial charge >= 0.3 is 0 Å². The van der Waals surface area contributed by atoms with Gasteiger partial charge in [-0.05, 0) is 46.8 Å². The van der Waals surface area contributed by atoms with Crippen LogP contribution in [0.2, 0.25) is 0 Å². The SMILES string of the molecule is CC(C)C1(O)CN(C(=O)CCCc2ccc(Br)s2)C1. The second kappa shape index (κ2) is 5.94. The fourth-order valence-corrected chi connectivity index (χ4v) is 3.74. The Morgan fingerprint density at radius 3 is 2.74 bits per heavy atom. The van der Waals surface area contributed by atoms with E-state index in [0.29, 0.717) is 19.5 Å². The standard InChI is InChI=1S/C14H20BrNO2S/c1-10(2)14(18)8-16(9-14)13(17)5-3-4-11-6-7-12(15)19-11/h6-7,10,18H,3-5,8-9H2,1-2H3. The van der Waals surface area contributed by atoms with Crippen LogP contribution in [0.25, 0.3) is 0 Å². The minimum absolute atomic E-state index is 0.168. The third-order valence-corrected chi connectivity index (χ3v) is 5.48. The maximum Gasteiger partial charge on any atom is 0.222 e. The molecule has 0 radical (unpaired) electrons. The Morgan fingerprint density at radius 2 is 2.21 bits per heavy atom. The zero-order chi connectivity index (χ0) is 14.0. The lowest BCUT2D eigenvalue weighted by Gasteiger charge is -2.49. The maximum atomic E-state index is 11.9. The molecule has 1 amide bonds. The van der Waals surface area contributed by atoms with E-state index in [4.69, 9.17) is 0 Å². The number of aryl methyl sites for hydroxylation is 1. The van der Waals surface area contributed by atoms with E-state index in [9.17, 15) is 9.90 Å². The molecule has 2 rings (SSSR count). The van der Waals surface area contributed by atoms with Gasteiger partial charge in [0.05, 0.1) is 16.9 Å². The summed E-state index contributed by atoms with van der Waals surface area (Å²) in [5.74, 6) is 0.376. The molecular formula is C14H20BrNO2S. The smallest absolute Gasteiger partial charge is 0.222 e. The Labute approximate surface area is 126 Å². The lowest BCUT2D eigenvalue weighted by molar-refractivity contribution is -0.163. The number of carbonyl (C=O) groups is 1. The third kappa shape index (κ3) is 3.58. The van der Waals surface area contributed by atoms with E-state index in [1.807, 2.05) is 19.9 Å². The Kier molecular flexibility index (Phi) is 4.69. The molecule has 1 aliphatic rings. The molecule has 1 N–H and O–H groups in total. The first kappa shape index (κ1) is 15.0. The Bertz CT molecular complexity index is 452. The average Bonchev–Trinajstić information content (AvgIpc) is 2.70. The van der Waals surface area contributed by atoms with Gasteiger partial charge in [-0.2, -0.15) is 0 Å². The third-order valence-electron chi connectivity index (χ3n) is 3.80. The Balaban J connectivity index is 1.69. The first-order chi connectivity index (χ1) is 8.90. The van der Waals surface area contributed by atoms with Crippen LogP contribution in [-0.2, 0) is 11.2 Å². The number of aliphatic hydroxyl groups is 1. The molecule has 1 aromatic heterocycles. The highest BCUT2D eigenvalue weighted by molar-refractivity contribution is 9.11. The van der Waals surface area contributed by atoms with Crippen molar-refractivity contribution < 1.29 is 9.90 Å². The number of hydrogen-bond acceptors (Lipinski definition) is 3. The molecule has 3 nitrogen and oxygen atoms in total. The lowest BCUT2D eigenvalue weighted by Crippen LogP contribution is -2.65. The summed E-state index contributed by atoms with van der Waals surface area (Å²) in [4.78, 5) is 15.0. The molecule has 0 aromatic carbocycles. The van der Waals surface area contributed by atoms with Crippen LogP contribution < -0.4 is 0 Å². The molecule has 0 bridgehead atoms. The molecule has 1 fully saturated rings. The number of β-amino-alcohol motifs (C(OH)–C–C–N with tert-alkyl or cyclic N) is 1. The van der Waals surface area contributed by atoms with E-state index < -0.39 is 5.60 Å². The lowest BCUT2D eigenvalue weighted by atomic mass is 9.83. The van der Waals surface area contributed by atoms with Crippen molar-refractivity contribution in [2.45, 2.75) is 38.7 Å². The normalized spacial score (nSPS) is 17.6. The molecule has 0 atom stereocenters. The summed E-state index contributed by atoms with van der Waals surface area (Å²) >= 11 is 5.16. The first-order valence-corrected chi connectivity index (χ1v) is 8.26. The molecule has 5 heteroatoms. The molecule has 1 aliphatic heterocycles. The summed E-state index contributed by atoms with van der Waals surface area (Å²) in [6.07, 6.45) is 2.40. The van der Waals surface area contributed by atoms with Gasteiger partial charge in [-0.1, -0.05) is 13.8 Å². The van der Waals surface area contributed by atoms with Crippen LogP contribution in [-0.4, -0.2) is 34.6 Å². The summed E-state index contributed by atoms with van der Waals surface area (Å²) in [6, 6.07) is 4.14. The van der Waals surface area contributed by atoms with Crippen molar-refractivity contribution in [3.8, 4) is 0 Å². The van der Waals surface area contributed by atoms with Crippen molar-refractivity contribution in [3.63, 3.8) is 0 Å². The number of halogens is 1. The number of carbonyl (C=O) groups excluding carboxylic acids is 1. The second-order valence-electron chi connectivity index (χ2n) is 5.57. The predicted molar refractivity (Wildman–Crippen MR) is 81.3 cm³/mol. The van der Waals surface area contributed by atoms with E-state index in [1.165, 1.54) is 4.88 Å². The first-order valence-electron chi connectivity index (χ1n) is 6.65. The second-order valence-corrected chi connectivity index (χ2v) is 8.12. The van der Waals surface area contributed by atoms with Crippen LogP contribution in [0.1, 0.15) is 31.6 Å². The minimum Gasteiger partial charge on any atom is -0.386 e. The van der Waals surface area contributed by atoms with Gasteiger partial charge in [-0.15, -0.1) is 11.3 Å². The highest BCUT2D eigenvalue weighted by Crippen LogP contribution is 2.29. The fraction of sp³-hybridized carbons (Fsp3) is 0.643. The van der Waals surface area contributed by atoms with Crippen LogP contribution in [0, 0.1) is 5.92 Å². The number of nitrogens with zero attached hydrogens (tertiary/aromatic N) is 1. The molecule has 0 saturated carbocycles.